The average Bonchev–Trinajstić information content (AvgIpc) is 3.25. The Labute approximate surface area is 139 Å². The fraction of sp³-hybridized carbons (Fsp3) is 0.263. The van der Waals surface area contributed by atoms with Crippen molar-refractivity contribution in [3.63, 3.8) is 0 Å². The third kappa shape index (κ3) is 2.16. The number of aromatic nitrogens is 4. The molecule has 0 amide bonds. The van der Waals surface area contributed by atoms with Crippen LogP contribution in [-0.4, -0.2) is 33.3 Å². The van der Waals surface area contributed by atoms with Gasteiger partial charge in [-0.25, -0.2) is 4.98 Å². The van der Waals surface area contributed by atoms with Gasteiger partial charge in [0.15, 0.2) is 5.82 Å². The molecule has 120 valence electrons. The molecule has 5 heteroatoms. The molecule has 0 bridgehead atoms. The van der Waals surface area contributed by atoms with E-state index in [2.05, 4.69) is 44.3 Å². The molecular formula is C19H19N5. The lowest BCUT2D eigenvalue weighted by atomic mass is 10.1. The summed E-state index contributed by atoms with van der Waals surface area (Å²) in [4.78, 5) is 10.6. The van der Waals surface area contributed by atoms with Gasteiger partial charge in [-0.15, -0.1) is 0 Å². The van der Waals surface area contributed by atoms with E-state index in [0.717, 1.165) is 46.5 Å². The molecule has 0 atom stereocenters. The van der Waals surface area contributed by atoms with Gasteiger partial charge in [0, 0.05) is 24.2 Å². The first-order valence-corrected chi connectivity index (χ1v) is 8.57. The molecule has 0 spiro atoms. The first-order chi connectivity index (χ1) is 11.9. The van der Waals surface area contributed by atoms with Crippen molar-refractivity contribution in [3.8, 4) is 11.5 Å². The van der Waals surface area contributed by atoms with E-state index in [0.29, 0.717) is 0 Å². The topological polar surface area (TPSA) is 60.6 Å². The molecule has 1 fully saturated rings. The molecule has 1 saturated heterocycles. The molecule has 1 aliphatic rings. The molecule has 0 saturated carbocycles. The monoisotopic (exact) mass is 317 g/mol. The van der Waals surface area contributed by atoms with E-state index < -0.39 is 0 Å². The minimum Gasteiger partial charge on any atom is -0.371 e. The summed E-state index contributed by atoms with van der Waals surface area (Å²) < 4.78 is 0. The SMILES string of the molecule is c1ccc2c(-c3nc4ccc(N5CCCCC5)cc4[nH]3)n[nH]c2c1. The maximum absolute atomic E-state index is 4.73. The minimum atomic E-state index is 0.818. The van der Waals surface area contributed by atoms with E-state index in [4.69, 9.17) is 4.98 Å². The highest BCUT2D eigenvalue weighted by Crippen LogP contribution is 2.28. The third-order valence-corrected chi connectivity index (χ3v) is 4.88. The van der Waals surface area contributed by atoms with Gasteiger partial charge >= 0.3 is 0 Å². The fourth-order valence-electron chi connectivity index (χ4n) is 3.60. The van der Waals surface area contributed by atoms with Gasteiger partial charge < -0.3 is 9.88 Å². The molecule has 4 aromatic rings. The highest BCUT2D eigenvalue weighted by Gasteiger charge is 2.15. The Morgan fingerprint density at radius 3 is 2.71 bits per heavy atom. The Hall–Kier alpha value is -2.82. The second kappa shape index (κ2) is 5.37. The fourth-order valence-corrected chi connectivity index (χ4v) is 3.60. The van der Waals surface area contributed by atoms with Gasteiger partial charge in [-0.2, -0.15) is 5.10 Å². The molecule has 2 aromatic carbocycles. The molecule has 0 unspecified atom stereocenters. The highest BCUT2D eigenvalue weighted by molar-refractivity contribution is 5.93. The van der Waals surface area contributed by atoms with Crippen LogP contribution in [0.1, 0.15) is 19.3 Å². The normalized spacial score (nSPS) is 15.4. The third-order valence-electron chi connectivity index (χ3n) is 4.88. The minimum absolute atomic E-state index is 0.818. The van der Waals surface area contributed by atoms with Crippen molar-refractivity contribution in [1.82, 2.24) is 20.2 Å². The molecule has 0 radical (unpaired) electrons. The second-order valence-electron chi connectivity index (χ2n) is 6.45. The number of aromatic amines is 2. The van der Waals surface area contributed by atoms with E-state index in [1.165, 1.54) is 24.9 Å². The van der Waals surface area contributed by atoms with Crippen LogP contribution in [0.2, 0.25) is 0 Å². The van der Waals surface area contributed by atoms with Crippen LogP contribution in [0.4, 0.5) is 5.69 Å². The van der Waals surface area contributed by atoms with Crippen molar-refractivity contribution in [2.75, 3.05) is 18.0 Å². The lowest BCUT2D eigenvalue weighted by Crippen LogP contribution is -2.29. The van der Waals surface area contributed by atoms with Crippen LogP contribution in [0.5, 0.6) is 0 Å². The van der Waals surface area contributed by atoms with E-state index in [-0.39, 0.29) is 0 Å². The van der Waals surface area contributed by atoms with E-state index >= 15 is 0 Å². The van der Waals surface area contributed by atoms with Gasteiger partial charge in [-0.1, -0.05) is 18.2 Å². The van der Waals surface area contributed by atoms with Crippen LogP contribution in [0.3, 0.4) is 0 Å². The van der Waals surface area contributed by atoms with Crippen LogP contribution in [0, 0.1) is 0 Å². The first kappa shape index (κ1) is 13.6. The van der Waals surface area contributed by atoms with Crippen LogP contribution < -0.4 is 4.90 Å². The van der Waals surface area contributed by atoms with Crippen LogP contribution in [-0.2, 0) is 0 Å². The van der Waals surface area contributed by atoms with Crippen molar-refractivity contribution in [3.05, 3.63) is 42.5 Å². The van der Waals surface area contributed by atoms with Crippen molar-refractivity contribution < 1.29 is 0 Å². The van der Waals surface area contributed by atoms with Gasteiger partial charge in [0.1, 0.15) is 5.69 Å². The van der Waals surface area contributed by atoms with Crippen LogP contribution in [0.15, 0.2) is 42.5 Å². The summed E-state index contributed by atoms with van der Waals surface area (Å²) in [7, 11) is 0. The molecule has 2 N–H and O–H groups in total. The molecule has 5 nitrogen and oxygen atoms in total. The lowest BCUT2D eigenvalue weighted by Gasteiger charge is -2.28. The van der Waals surface area contributed by atoms with E-state index in [1.807, 2.05) is 18.2 Å². The number of piperidine rings is 1. The molecule has 5 rings (SSSR count). The zero-order valence-corrected chi connectivity index (χ0v) is 13.4. The summed E-state index contributed by atoms with van der Waals surface area (Å²) in [6.07, 6.45) is 3.91. The smallest absolute Gasteiger partial charge is 0.159 e. The second-order valence-corrected chi connectivity index (χ2v) is 6.45. The van der Waals surface area contributed by atoms with Crippen molar-refractivity contribution in [2.45, 2.75) is 19.3 Å². The molecule has 2 aromatic heterocycles. The van der Waals surface area contributed by atoms with Gasteiger partial charge in [0.05, 0.1) is 16.6 Å². The number of nitrogens with one attached hydrogen (secondary N) is 2. The Balaban J connectivity index is 1.58. The zero-order valence-electron chi connectivity index (χ0n) is 13.4. The number of H-pyrrole nitrogens is 2. The molecule has 1 aliphatic heterocycles. The number of rotatable bonds is 2. The van der Waals surface area contributed by atoms with Gasteiger partial charge in [-0.05, 0) is 43.5 Å². The summed E-state index contributed by atoms with van der Waals surface area (Å²) in [5.74, 6) is 0.818. The van der Waals surface area contributed by atoms with E-state index in [9.17, 15) is 0 Å². The van der Waals surface area contributed by atoms with Gasteiger partial charge in [0.25, 0.3) is 0 Å². The Kier molecular flexibility index (Phi) is 3.04. The summed E-state index contributed by atoms with van der Waals surface area (Å²) in [6, 6.07) is 14.6. The number of benzene rings is 2. The average molecular weight is 317 g/mol. The largest absolute Gasteiger partial charge is 0.371 e. The molecular weight excluding hydrogens is 298 g/mol. The quantitative estimate of drug-likeness (QED) is 0.585. The van der Waals surface area contributed by atoms with Gasteiger partial charge in [0.2, 0.25) is 0 Å². The summed E-state index contributed by atoms with van der Waals surface area (Å²) in [5, 5.41) is 8.61. The summed E-state index contributed by atoms with van der Waals surface area (Å²) in [5.41, 5.74) is 5.24. The Morgan fingerprint density at radius 2 is 1.79 bits per heavy atom. The zero-order chi connectivity index (χ0) is 15.9. The molecule has 24 heavy (non-hydrogen) atoms. The van der Waals surface area contributed by atoms with E-state index in [1.54, 1.807) is 0 Å². The lowest BCUT2D eigenvalue weighted by molar-refractivity contribution is 0.578. The molecule has 0 aliphatic carbocycles. The summed E-state index contributed by atoms with van der Waals surface area (Å²) >= 11 is 0. The maximum Gasteiger partial charge on any atom is 0.159 e. The maximum atomic E-state index is 4.73. The van der Waals surface area contributed by atoms with Crippen molar-refractivity contribution >= 4 is 27.6 Å². The number of anilines is 1. The highest BCUT2D eigenvalue weighted by atomic mass is 15.1. The predicted molar refractivity (Wildman–Crippen MR) is 97.2 cm³/mol. The van der Waals surface area contributed by atoms with Crippen molar-refractivity contribution in [1.29, 1.82) is 0 Å². The molecule has 3 heterocycles. The Bertz CT molecular complexity index is 1010. The van der Waals surface area contributed by atoms with Crippen LogP contribution >= 0.6 is 0 Å². The number of para-hydroxylation sites is 1. The number of hydrogen-bond donors (Lipinski definition) is 2. The first-order valence-electron chi connectivity index (χ1n) is 8.57. The standard InChI is InChI=1S/C19H19N5/c1-4-10-24(11-5-1)13-8-9-16-17(12-13)21-19(20-16)18-14-6-2-3-7-15(14)22-23-18/h2-3,6-9,12H,1,4-5,10-11H2,(H,20,21)(H,22,23). The number of fused-ring (bicyclic) bond motifs is 2. The predicted octanol–water partition coefficient (Wildman–Crippen LogP) is 4.10. The Morgan fingerprint density at radius 1 is 0.917 bits per heavy atom. The van der Waals surface area contributed by atoms with Crippen LogP contribution in [0.25, 0.3) is 33.5 Å². The van der Waals surface area contributed by atoms with Crippen molar-refractivity contribution in [2.24, 2.45) is 0 Å². The number of nitrogens with zero attached hydrogens (tertiary/aromatic N) is 3. The number of hydrogen-bond acceptors (Lipinski definition) is 3. The van der Waals surface area contributed by atoms with Gasteiger partial charge in [-0.3, -0.25) is 5.10 Å². The number of imidazole rings is 1. The summed E-state index contributed by atoms with van der Waals surface area (Å²) in [6.45, 7) is 2.30.